The van der Waals surface area contributed by atoms with Crippen LogP contribution >= 0.6 is 11.3 Å². The van der Waals surface area contributed by atoms with Gasteiger partial charge in [-0.2, -0.15) is 0 Å². The minimum absolute atomic E-state index is 0.0330. The zero-order chi connectivity index (χ0) is 18.8. The van der Waals surface area contributed by atoms with E-state index in [-0.39, 0.29) is 11.8 Å². The van der Waals surface area contributed by atoms with Crippen LogP contribution in [0.15, 0.2) is 36.7 Å². The third-order valence-electron chi connectivity index (χ3n) is 5.12. The van der Waals surface area contributed by atoms with Crippen molar-refractivity contribution < 1.29 is 4.79 Å². The molecule has 3 aromatic rings. The molecular weight excluding hydrogens is 356 g/mol. The normalized spacial score (nSPS) is 17.3. The molecule has 0 radical (unpaired) electrons. The molecule has 0 unspecified atom stereocenters. The van der Waals surface area contributed by atoms with Crippen molar-refractivity contribution in [3.8, 4) is 0 Å². The number of nitrogens with one attached hydrogen (secondary N) is 1. The molecule has 1 aromatic carbocycles. The van der Waals surface area contributed by atoms with Gasteiger partial charge in [0.2, 0.25) is 5.91 Å². The summed E-state index contributed by atoms with van der Waals surface area (Å²) in [6.45, 7) is 5.82. The number of anilines is 2. The number of hydrogen-bond donors (Lipinski definition) is 1. The van der Waals surface area contributed by atoms with Gasteiger partial charge in [0.15, 0.2) is 0 Å². The zero-order valence-corrected chi connectivity index (χ0v) is 16.6. The van der Waals surface area contributed by atoms with E-state index in [1.165, 1.54) is 10.4 Å². The Balaban J connectivity index is 1.52. The van der Waals surface area contributed by atoms with E-state index in [0.717, 1.165) is 47.5 Å². The van der Waals surface area contributed by atoms with Crippen LogP contribution in [0, 0.1) is 12.8 Å². The Morgan fingerprint density at radius 2 is 2.11 bits per heavy atom. The zero-order valence-electron chi connectivity index (χ0n) is 15.7. The molecule has 1 atom stereocenters. The topological polar surface area (TPSA) is 58.1 Å². The Hall–Kier alpha value is -2.47. The van der Waals surface area contributed by atoms with Crippen LogP contribution in [0.1, 0.15) is 30.2 Å². The van der Waals surface area contributed by atoms with Crippen molar-refractivity contribution in [3.05, 3.63) is 47.1 Å². The molecule has 1 aliphatic heterocycles. The first kappa shape index (κ1) is 17.9. The lowest BCUT2D eigenvalue weighted by molar-refractivity contribution is -0.120. The Bertz CT molecular complexity index is 950. The largest absolute Gasteiger partial charge is 0.355 e. The van der Waals surface area contributed by atoms with Crippen molar-refractivity contribution in [2.75, 3.05) is 23.3 Å². The van der Waals surface area contributed by atoms with E-state index in [2.05, 4.69) is 33.2 Å². The number of hydrogen-bond acceptors (Lipinski definition) is 5. The maximum Gasteiger partial charge on any atom is 0.229 e. The van der Waals surface area contributed by atoms with Crippen molar-refractivity contribution in [2.24, 2.45) is 5.92 Å². The number of piperidine rings is 1. The van der Waals surface area contributed by atoms with Gasteiger partial charge in [-0.1, -0.05) is 24.6 Å². The van der Waals surface area contributed by atoms with E-state index in [9.17, 15) is 4.79 Å². The summed E-state index contributed by atoms with van der Waals surface area (Å²) >= 11 is 1.73. The number of thiophene rings is 1. The van der Waals surface area contributed by atoms with E-state index in [4.69, 9.17) is 0 Å². The number of amides is 1. The first-order chi connectivity index (χ1) is 13.1. The smallest absolute Gasteiger partial charge is 0.229 e. The fraction of sp³-hybridized carbons (Fsp3) is 0.381. The van der Waals surface area contributed by atoms with Crippen LogP contribution in [-0.4, -0.2) is 29.0 Å². The van der Waals surface area contributed by atoms with Crippen LogP contribution in [0.25, 0.3) is 10.2 Å². The number of benzene rings is 1. The molecule has 140 valence electrons. The van der Waals surface area contributed by atoms with E-state index in [0.29, 0.717) is 6.54 Å². The second-order valence-corrected chi connectivity index (χ2v) is 8.24. The highest BCUT2D eigenvalue weighted by Crippen LogP contribution is 2.32. The summed E-state index contributed by atoms with van der Waals surface area (Å²) in [7, 11) is 0. The summed E-state index contributed by atoms with van der Waals surface area (Å²) in [6, 6.07) is 10.1. The highest BCUT2D eigenvalue weighted by molar-refractivity contribution is 7.18. The van der Waals surface area contributed by atoms with Crippen LogP contribution < -0.4 is 10.2 Å². The molecule has 3 heterocycles. The standard InChI is InChI=1S/C21H24N4OS/c1-3-17-11-18-19(22-13-23-21(18)27-17)25-10-4-5-15(12-25)20(26)24-16-8-6-14(2)7-9-16/h6-9,11,13,15H,3-5,10,12H2,1-2H3,(H,24,26)/t15-/m1/s1. The Kier molecular flexibility index (Phi) is 5.07. The van der Waals surface area contributed by atoms with E-state index >= 15 is 0 Å². The Morgan fingerprint density at radius 1 is 1.30 bits per heavy atom. The van der Waals surface area contributed by atoms with Crippen LogP contribution in [0.4, 0.5) is 11.5 Å². The molecule has 0 spiro atoms. The van der Waals surface area contributed by atoms with Crippen molar-refractivity contribution in [2.45, 2.75) is 33.1 Å². The monoisotopic (exact) mass is 380 g/mol. The van der Waals surface area contributed by atoms with Crippen molar-refractivity contribution >= 4 is 39.0 Å². The predicted octanol–water partition coefficient (Wildman–Crippen LogP) is 4.42. The first-order valence-electron chi connectivity index (χ1n) is 9.50. The lowest BCUT2D eigenvalue weighted by Crippen LogP contribution is -2.41. The van der Waals surface area contributed by atoms with Gasteiger partial charge in [-0.15, -0.1) is 11.3 Å². The number of aryl methyl sites for hydroxylation is 2. The molecule has 6 heteroatoms. The maximum atomic E-state index is 12.8. The predicted molar refractivity (Wildman–Crippen MR) is 112 cm³/mol. The van der Waals surface area contributed by atoms with Crippen LogP contribution in [0.2, 0.25) is 0 Å². The number of fused-ring (bicyclic) bond motifs is 1. The molecule has 4 rings (SSSR count). The average Bonchev–Trinajstić information content (AvgIpc) is 3.13. The van der Waals surface area contributed by atoms with Gasteiger partial charge in [-0.25, -0.2) is 9.97 Å². The van der Waals surface area contributed by atoms with Gasteiger partial charge in [-0.3, -0.25) is 4.79 Å². The minimum atomic E-state index is -0.0330. The fourth-order valence-electron chi connectivity index (χ4n) is 3.58. The van der Waals surface area contributed by atoms with Crippen molar-refractivity contribution in [1.82, 2.24) is 9.97 Å². The molecule has 1 saturated heterocycles. The molecule has 1 amide bonds. The molecule has 27 heavy (non-hydrogen) atoms. The molecule has 0 bridgehead atoms. The summed E-state index contributed by atoms with van der Waals surface area (Å²) in [4.78, 5) is 26.4. The third-order valence-corrected chi connectivity index (χ3v) is 6.31. The molecule has 0 saturated carbocycles. The lowest BCUT2D eigenvalue weighted by atomic mass is 9.96. The summed E-state index contributed by atoms with van der Waals surface area (Å²) < 4.78 is 0. The number of carbonyl (C=O) groups excluding carboxylic acids is 1. The molecule has 2 aromatic heterocycles. The summed E-state index contributed by atoms with van der Waals surface area (Å²) in [5, 5.41) is 4.18. The molecule has 0 aliphatic carbocycles. The van der Waals surface area contributed by atoms with Crippen molar-refractivity contribution in [3.63, 3.8) is 0 Å². The average molecular weight is 381 g/mol. The third kappa shape index (κ3) is 3.81. The summed E-state index contributed by atoms with van der Waals surface area (Å²) in [5.41, 5.74) is 2.05. The molecule has 1 fully saturated rings. The SMILES string of the molecule is CCc1cc2c(N3CCC[C@@H](C(=O)Nc4ccc(C)cc4)C3)ncnc2s1. The maximum absolute atomic E-state index is 12.8. The molecule has 5 nitrogen and oxygen atoms in total. The van der Waals surface area contributed by atoms with E-state index in [1.54, 1.807) is 17.7 Å². The van der Waals surface area contributed by atoms with E-state index < -0.39 is 0 Å². The quantitative estimate of drug-likeness (QED) is 0.728. The highest BCUT2D eigenvalue weighted by Gasteiger charge is 2.27. The number of carbonyl (C=O) groups is 1. The fourth-order valence-corrected chi connectivity index (χ4v) is 4.51. The van der Waals surface area contributed by atoms with E-state index in [1.807, 2.05) is 31.2 Å². The van der Waals surface area contributed by atoms with Gasteiger partial charge in [0, 0.05) is 23.7 Å². The molecule has 1 aliphatic rings. The van der Waals surface area contributed by atoms with Crippen LogP contribution in [-0.2, 0) is 11.2 Å². The lowest BCUT2D eigenvalue weighted by Gasteiger charge is -2.33. The second-order valence-electron chi connectivity index (χ2n) is 7.12. The number of aromatic nitrogens is 2. The van der Waals surface area contributed by atoms with Gasteiger partial charge in [0.25, 0.3) is 0 Å². The van der Waals surface area contributed by atoms with Crippen LogP contribution in [0.5, 0.6) is 0 Å². The van der Waals surface area contributed by atoms with Gasteiger partial charge >= 0.3 is 0 Å². The molecule has 1 N–H and O–H groups in total. The van der Waals surface area contributed by atoms with Gasteiger partial charge in [0.05, 0.1) is 11.3 Å². The molecular formula is C21H24N4OS. The van der Waals surface area contributed by atoms with Crippen LogP contribution in [0.3, 0.4) is 0 Å². The van der Waals surface area contributed by atoms with Gasteiger partial charge in [-0.05, 0) is 44.4 Å². The van der Waals surface area contributed by atoms with Gasteiger partial charge in [0.1, 0.15) is 17.0 Å². The second kappa shape index (κ2) is 7.64. The van der Waals surface area contributed by atoms with Gasteiger partial charge < -0.3 is 10.2 Å². The Morgan fingerprint density at radius 3 is 2.89 bits per heavy atom. The number of rotatable bonds is 4. The first-order valence-corrected chi connectivity index (χ1v) is 10.3. The highest BCUT2D eigenvalue weighted by atomic mass is 32.1. The minimum Gasteiger partial charge on any atom is -0.355 e. The number of nitrogens with zero attached hydrogens (tertiary/aromatic N) is 3. The Labute approximate surface area is 163 Å². The summed E-state index contributed by atoms with van der Waals surface area (Å²) in [6.07, 6.45) is 4.54. The summed E-state index contributed by atoms with van der Waals surface area (Å²) in [5.74, 6) is 1.02. The van der Waals surface area contributed by atoms with Crippen molar-refractivity contribution in [1.29, 1.82) is 0 Å².